The number of hydrogen-bond acceptors (Lipinski definition) is 6. The molecule has 0 aliphatic carbocycles. The molecule has 2 N–H and O–H groups in total. The molecule has 116 valence electrons. The first-order chi connectivity index (χ1) is 9.85. The van der Waals surface area contributed by atoms with Gasteiger partial charge in [0.1, 0.15) is 11.7 Å². The van der Waals surface area contributed by atoms with Gasteiger partial charge in [-0.05, 0) is 27.7 Å². The summed E-state index contributed by atoms with van der Waals surface area (Å²) in [6.45, 7) is 7.17. The van der Waals surface area contributed by atoms with Gasteiger partial charge in [-0.25, -0.2) is 9.78 Å². The second kappa shape index (κ2) is 7.72. The van der Waals surface area contributed by atoms with E-state index in [1.54, 1.807) is 13.8 Å². The number of carbonyl (C=O) groups excluding carboxylic acids is 3. The fourth-order valence-corrected chi connectivity index (χ4v) is 2.10. The van der Waals surface area contributed by atoms with E-state index in [4.69, 9.17) is 4.74 Å². The van der Waals surface area contributed by atoms with E-state index in [0.717, 1.165) is 11.3 Å². The Bertz CT molecular complexity index is 527. The van der Waals surface area contributed by atoms with Gasteiger partial charge in [-0.1, -0.05) is 0 Å². The molecule has 0 aliphatic rings. The quantitative estimate of drug-likeness (QED) is 0.763. The Morgan fingerprint density at radius 1 is 1.29 bits per heavy atom. The maximum Gasteiger partial charge on any atom is 0.367 e. The monoisotopic (exact) mass is 313 g/mol. The van der Waals surface area contributed by atoms with Gasteiger partial charge in [-0.3, -0.25) is 9.59 Å². The number of ether oxygens (including phenoxy) is 1. The van der Waals surface area contributed by atoms with E-state index in [-0.39, 0.29) is 29.3 Å². The molecule has 0 saturated heterocycles. The van der Waals surface area contributed by atoms with Gasteiger partial charge >= 0.3 is 5.97 Å². The van der Waals surface area contributed by atoms with Crippen LogP contribution >= 0.6 is 11.3 Å². The zero-order valence-electron chi connectivity index (χ0n) is 12.4. The van der Waals surface area contributed by atoms with Gasteiger partial charge in [-0.15, -0.1) is 11.3 Å². The lowest BCUT2D eigenvalue weighted by Crippen LogP contribution is -2.46. The fraction of sp³-hybridized carbons (Fsp3) is 0.538. The molecule has 0 aromatic carbocycles. The Hall–Kier alpha value is -1.96. The van der Waals surface area contributed by atoms with Crippen molar-refractivity contribution in [2.24, 2.45) is 0 Å². The second-order valence-electron chi connectivity index (χ2n) is 4.62. The van der Waals surface area contributed by atoms with Gasteiger partial charge < -0.3 is 15.4 Å². The van der Waals surface area contributed by atoms with Crippen molar-refractivity contribution in [3.05, 3.63) is 16.1 Å². The largest absolute Gasteiger partial charge is 0.461 e. The first-order valence-electron chi connectivity index (χ1n) is 6.59. The van der Waals surface area contributed by atoms with Crippen molar-refractivity contribution in [2.75, 3.05) is 6.61 Å². The smallest absolute Gasteiger partial charge is 0.367 e. The van der Waals surface area contributed by atoms with Gasteiger partial charge in [0.25, 0.3) is 5.91 Å². The fourth-order valence-electron chi connectivity index (χ4n) is 1.41. The van der Waals surface area contributed by atoms with Crippen LogP contribution in [0.25, 0.3) is 0 Å². The van der Waals surface area contributed by atoms with Crippen LogP contribution in [0.4, 0.5) is 0 Å². The number of hydrogen-bond donors (Lipinski definition) is 2. The van der Waals surface area contributed by atoms with E-state index in [1.165, 1.54) is 5.38 Å². The molecule has 1 heterocycles. The van der Waals surface area contributed by atoms with Crippen LogP contribution in [0.5, 0.6) is 0 Å². The van der Waals surface area contributed by atoms with Crippen LogP contribution < -0.4 is 10.6 Å². The molecule has 1 unspecified atom stereocenters. The van der Waals surface area contributed by atoms with Gasteiger partial charge in [0, 0.05) is 11.4 Å². The summed E-state index contributed by atoms with van der Waals surface area (Å²) in [5.74, 6) is -1.35. The lowest BCUT2D eigenvalue weighted by Gasteiger charge is -2.15. The molecule has 0 saturated carbocycles. The lowest BCUT2D eigenvalue weighted by atomic mass is 10.2. The summed E-state index contributed by atoms with van der Waals surface area (Å²) in [5, 5.41) is 6.79. The zero-order chi connectivity index (χ0) is 16.0. The van der Waals surface area contributed by atoms with E-state index in [1.807, 2.05) is 13.8 Å². The normalized spacial score (nSPS) is 11.9. The maximum atomic E-state index is 11.9. The third kappa shape index (κ3) is 5.14. The SMILES string of the molecule is CCOC(=O)c1nc(C(=O)NC(C)C(=O)NC(C)C)cs1. The Balaban J connectivity index is 2.64. The molecular weight excluding hydrogens is 294 g/mol. The number of rotatable bonds is 6. The Labute approximate surface area is 127 Å². The average Bonchev–Trinajstić information content (AvgIpc) is 2.87. The predicted octanol–water partition coefficient (Wildman–Crippen LogP) is 0.963. The van der Waals surface area contributed by atoms with Crippen molar-refractivity contribution in [1.29, 1.82) is 0 Å². The minimum atomic E-state index is -0.687. The van der Waals surface area contributed by atoms with Crippen molar-refractivity contribution in [3.8, 4) is 0 Å². The minimum absolute atomic E-state index is 0.00783. The highest BCUT2D eigenvalue weighted by atomic mass is 32.1. The van der Waals surface area contributed by atoms with E-state index >= 15 is 0 Å². The molecule has 0 spiro atoms. The number of nitrogens with zero attached hydrogens (tertiary/aromatic N) is 1. The Morgan fingerprint density at radius 3 is 2.52 bits per heavy atom. The van der Waals surface area contributed by atoms with Gasteiger partial charge in [0.2, 0.25) is 10.9 Å². The number of nitrogens with one attached hydrogen (secondary N) is 2. The van der Waals surface area contributed by atoms with Crippen LogP contribution in [-0.4, -0.2) is 41.5 Å². The number of carbonyl (C=O) groups is 3. The van der Waals surface area contributed by atoms with Crippen LogP contribution in [-0.2, 0) is 9.53 Å². The van der Waals surface area contributed by atoms with E-state index in [2.05, 4.69) is 15.6 Å². The molecule has 21 heavy (non-hydrogen) atoms. The summed E-state index contributed by atoms with van der Waals surface area (Å²) in [7, 11) is 0. The highest BCUT2D eigenvalue weighted by Crippen LogP contribution is 2.11. The van der Waals surface area contributed by atoms with E-state index in [9.17, 15) is 14.4 Å². The zero-order valence-corrected chi connectivity index (χ0v) is 13.2. The minimum Gasteiger partial charge on any atom is -0.461 e. The maximum absolute atomic E-state index is 11.9. The highest BCUT2D eigenvalue weighted by Gasteiger charge is 2.20. The molecule has 8 heteroatoms. The molecule has 1 rings (SSSR count). The van der Waals surface area contributed by atoms with Crippen molar-refractivity contribution in [3.63, 3.8) is 0 Å². The topological polar surface area (TPSA) is 97.4 Å². The van der Waals surface area contributed by atoms with Crippen LogP contribution in [0.1, 0.15) is 48.0 Å². The van der Waals surface area contributed by atoms with E-state index < -0.39 is 17.9 Å². The summed E-state index contributed by atoms with van der Waals surface area (Å²) in [6, 6.07) is -0.695. The number of esters is 1. The first-order valence-corrected chi connectivity index (χ1v) is 7.47. The van der Waals surface area contributed by atoms with Crippen LogP contribution in [0.15, 0.2) is 5.38 Å². The third-order valence-corrected chi connectivity index (χ3v) is 3.18. The van der Waals surface area contributed by atoms with E-state index in [0.29, 0.717) is 0 Å². The van der Waals surface area contributed by atoms with Crippen molar-refractivity contribution >= 4 is 29.1 Å². The summed E-state index contributed by atoms with van der Waals surface area (Å²) in [6.07, 6.45) is 0. The molecule has 0 fully saturated rings. The second-order valence-corrected chi connectivity index (χ2v) is 5.47. The molecule has 2 amide bonds. The first kappa shape index (κ1) is 17.1. The summed E-state index contributed by atoms with van der Waals surface area (Å²) in [4.78, 5) is 39.0. The van der Waals surface area contributed by atoms with Crippen LogP contribution in [0.3, 0.4) is 0 Å². The lowest BCUT2D eigenvalue weighted by molar-refractivity contribution is -0.123. The molecule has 0 aliphatic heterocycles. The predicted molar refractivity (Wildman–Crippen MR) is 78.3 cm³/mol. The van der Waals surface area contributed by atoms with Crippen molar-refractivity contribution in [1.82, 2.24) is 15.6 Å². The van der Waals surface area contributed by atoms with Gasteiger partial charge in [-0.2, -0.15) is 0 Å². The molecular formula is C13H19N3O4S. The molecule has 0 radical (unpaired) electrons. The Morgan fingerprint density at radius 2 is 1.95 bits per heavy atom. The third-order valence-electron chi connectivity index (χ3n) is 2.36. The Kier molecular flexibility index (Phi) is 6.29. The molecule has 1 aromatic rings. The van der Waals surface area contributed by atoms with Crippen LogP contribution in [0, 0.1) is 0 Å². The molecule has 1 aromatic heterocycles. The van der Waals surface area contributed by atoms with Crippen molar-refractivity contribution < 1.29 is 19.1 Å². The highest BCUT2D eigenvalue weighted by molar-refractivity contribution is 7.11. The standard InChI is InChI=1S/C13H19N3O4S/c1-5-20-13(19)12-16-9(6-21-12)11(18)15-8(4)10(17)14-7(2)3/h6-8H,5H2,1-4H3,(H,14,17)(H,15,18). The number of thiazole rings is 1. The summed E-state index contributed by atoms with van der Waals surface area (Å²) in [5.41, 5.74) is 0.0900. The summed E-state index contributed by atoms with van der Waals surface area (Å²) < 4.78 is 4.80. The summed E-state index contributed by atoms with van der Waals surface area (Å²) >= 11 is 1.03. The number of aromatic nitrogens is 1. The average molecular weight is 313 g/mol. The van der Waals surface area contributed by atoms with Crippen molar-refractivity contribution in [2.45, 2.75) is 39.8 Å². The molecule has 7 nitrogen and oxygen atoms in total. The van der Waals surface area contributed by atoms with Gasteiger partial charge in [0.15, 0.2) is 0 Å². The number of amides is 2. The van der Waals surface area contributed by atoms with Crippen LogP contribution in [0.2, 0.25) is 0 Å². The molecule has 1 atom stereocenters. The molecule has 0 bridgehead atoms. The van der Waals surface area contributed by atoms with Gasteiger partial charge in [0.05, 0.1) is 6.61 Å².